The number of ether oxygens (including phenoxy) is 1. The number of fused-ring (bicyclic) bond motifs is 1. The molecule has 0 saturated carbocycles. The van der Waals surface area contributed by atoms with Gasteiger partial charge in [0, 0.05) is 11.8 Å². The maximum absolute atomic E-state index is 5.35. The molecule has 0 amide bonds. The highest BCUT2D eigenvalue weighted by atomic mass is 32.2. The van der Waals surface area contributed by atoms with E-state index in [-0.39, 0.29) is 0 Å². The molecule has 0 radical (unpaired) electrons. The fourth-order valence-electron chi connectivity index (χ4n) is 1.90. The van der Waals surface area contributed by atoms with Crippen molar-refractivity contribution in [2.45, 2.75) is 17.1 Å². The summed E-state index contributed by atoms with van der Waals surface area (Å²) in [5.74, 6) is 6.52. The summed E-state index contributed by atoms with van der Waals surface area (Å²) in [4.78, 5) is 16.2. The van der Waals surface area contributed by atoms with Crippen LogP contribution in [0.3, 0.4) is 0 Å². The number of hydrazine groups is 1. The summed E-state index contributed by atoms with van der Waals surface area (Å²) in [5.41, 5.74) is 5.08. The van der Waals surface area contributed by atoms with E-state index in [1.807, 2.05) is 31.2 Å². The molecule has 0 aliphatic heterocycles. The van der Waals surface area contributed by atoms with E-state index in [2.05, 4.69) is 25.4 Å². The number of anilines is 1. The van der Waals surface area contributed by atoms with Crippen molar-refractivity contribution in [3.05, 3.63) is 30.0 Å². The molecule has 108 valence electrons. The van der Waals surface area contributed by atoms with Crippen LogP contribution in [0.5, 0.6) is 5.75 Å². The van der Waals surface area contributed by atoms with E-state index >= 15 is 0 Å². The molecule has 4 N–H and O–H groups in total. The fraction of sp³-hybridized carbons (Fsp3) is 0.154. The van der Waals surface area contributed by atoms with Crippen molar-refractivity contribution in [1.29, 1.82) is 0 Å². The first-order chi connectivity index (χ1) is 10.2. The van der Waals surface area contributed by atoms with Crippen molar-refractivity contribution in [1.82, 2.24) is 19.9 Å². The molecular formula is C13H14N6OS. The molecule has 3 aromatic rings. The van der Waals surface area contributed by atoms with Crippen LogP contribution in [0.2, 0.25) is 0 Å². The van der Waals surface area contributed by atoms with Gasteiger partial charge in [-0.15, -0.1) is 0 Å². The van der Waals surface area contributed by atoms with E-state index in [0.29, 0.717) is 5.95 Å². The molecule has 3 rings (SSSR count). The quantitative estimate of drug-likeness (QED) is 0.385. The number of benzene rings is 1. The van der Waals surface area contributed by atoms with Gasteiger partial charge in [-0.05, 0) is 36.9 Å². The van der Waals surface area contributed by atoms with Crippen LogP contribution in [0, 0.1) is 6.92 Å². The molecule has 21 heavy (non-hydrogen) atoms. The highest BCUT2D eigenvalue weighted by Crippen LogP contribution is 2.28. The van der Waals surface area contributed by atoms with Crippen molar-refractivity contribution in [3.63, 3.8) is 0 Å². The minimum absolute atomic E-state index is 0.385. The van der Waals surface area contributed by atoms with Crippen molar-refractivity contribution in [3.8, 4) is 5.75 Å². The number of imidazole rings is 1. The van der Waals surface area contributed by atoms with Gasteiger partial charge in [-0.2, -0.15) is 0 Å². The van der Waals surface area contributed by atoms with Crippen LogP contribution in [-0.2, 0) is 0 Å². The molecule has 1 aromatic carbocycles. The van der Waals surface area contributed by atoms with Crippen LogP contribution in [0.1, 0.15) is 5.69 Å². The third kappa shape index (κ3) is 2.91. The Kier molecular flexibility index (Phi) is 3.63. The smallest absolute Gasteiger partial charge is 0.238 e. The zero-order valence-electron chi connectivity index (χ0n) is 11.5. The molecule has 0 aliphatic carbocycles. The molecule has 0 unspecified atom stereocenters. The van der Waals surface area contributed by atoms with Gasteiger partial charge in [0.25, 0.3) is 0 Å². The van der Waals surface area contributed by atoms with Gasteiger partial charge in [0.2, 0.25) is 5.95 Å². The SMILES string of the molecule is COc1ccc2nc(Sc3cc(C)nc(NN)n3)[nH]c2c1. The van der Waals surface area contributed by atoms with Crippen LogP contribution in [-0.4, -0.2) is 27.0 Å². The minimum atomic E-state index is 0.385. The predicted molar refractivity (Wildman–Crippen MR) is 81.3 cm³/mol. The van der Waals surface area contributed by atoms with Crippen molar-refractivity contribution >= 4 is 28.7 Å². The highest BCUT2D eigenvalue weighted by molar-refractivity contribution is 7.99. The molecule has 2 heterocycles. The summed E-state index contributed by atoms with van der Waals surface area (Å²) in [7, 11) is 1.64. The first kappa shape index (κ1) is 13.7. The third-order valence-corrected chi connectivity index (χ3v) is 3.63. The summed E-state index contributed by atoms with van der Waals surface area (Å²) in [6.07, 6.45) is 0. The Hall–Kier alpha value is -2.32. The van der Waals surface area contributed by atoms with E-state index in [1.54, 1.807) is 7.11 Å². The fourth-order valence-corrected chi connectivity index (χ4v) is 2.76. The number of methoxy groups -OCH3 is 1. The van der Waals surface area contributed by atoms with E-state index in [0.717, 1.165) is 32.7 Å². The van der Waals surface area contributed by atoms with Gasteiger partial charge in [-0.3, -0.25) is 5.43 Å². The lowest BCUT2D eigenvalue weighted by Gasteiger charge is -2.02. The Morgan fingerprint density at radius 3 is 2.86 bits per heavy atom. The molecule has 8 heteroatoms. The molecule has 0 bridgehead atoms. The van der Waals surface area contributed by atoms with Crippen LogP contribution >= 0.6 is 11.8 Å². The first-order valence-corrected chi connectivity index (χ1v) is 7.03. The van der Waals surface area contributed by atoms with Crippen LogP contribution in [0.25, 0.3) is 11.0 Å². The Bertz CT molecular complexity index is 787. The molecule has 0 saturated heterocycles. The van der Waals surface area contributed by atoms with Gasteiger partial charge in [-0.1, -0.05) is 0 Å². The lowest BCUT2D eigenvalue weighted by atomic mass is 10.3. The molecule has 0 fully saturated rings. The zero-order valence-corrected chi connectivity index (χ0v) is 12.4. The van der Waals surface area contributed by atoms with Crippen LogP contribution in [0.4, 0.5) is 5.95 Å². The van der Waals surface area contributed by atoms with Crippen LogP contribution < -0.4 is 16.0 Å². The largest absolute Gasteiger partial charge is 0.497 e. The van der Waals surface area contributed by atoms with Gasteiger partial charge >= 0.3 is 0 Å². The highest BCUT2D eigenvalue weighted by Gasteiger charge is 2.08. The van der Waals surface area contributed by atoms with E-state index in [4.69, 9.17) is 10.6 Å². The lowest BCUT2D eigenvalue weighted by molar-refractivity contribution is 0.415. The van der Waals surface area contributed by atoms with E-state index in [9.17, 15) is 0 Å². The monoisotopic (exact) mass is 302 g/mol. The minimum Gasteiger partial charge on any atom is -0.497 e. The maximum Gasteiger partial charge on any atom is 0.238 e. The normalized spacial score (nSPS) is 10.8. The molecule has 2 aromatic heterocycles. The Labute approximate surface area is 125 Å². The van der Waals surface area contributed by atoms with E-state index in [1.165, 1.54) is 11.8 Å². The second kappa shape index (κ2) is 5.58. The summed E-state index contributed by atoms with van der Waals surface area (Å²) < 4.78 is 5.20. The summed E-state index contributed by atoms with van der Waals surface area (Å²) in [5, 5.41) is 1.51. The number of nitrogens with two attached hydrogens (primary N) is 1. The number of hydrogen-bond donors (Lipinski definition) is 3. The summed E-state index contributed by atoms with van der Waals surface area (Å²) >= 11 is 1.42. The summed E-state index contributed by atoms with van der Waals surface area (Å²) in [6.45, 7) is 1.89. The molecule has 0 atom stereocenters. The maximum atomic E-state index is 5.35. The number of hydrogen-bond acceptors (Lipinski definition) is 7. The third-order valence-electron chi connectivity index (χ3n) is 2.83. The second-order valence-corrected chi connectivity index (χ2v) is 5.35. The molecular weight excluding hydrogens is 288 g/mol. The van der Waals surface area contributed by atoms with E-state index < -0.39 is 0 Å². The predicted octanol–water partition coefficient (Wildman–Crippen LogP) is 2.11. The van der Waals surface area contributed by atoms with Gasteiger partial charge < -0.3 is 9.72 Å². The van der Waals surface area contributed by atoms with Gasteiger partial charge in [0.1, 0.15) is 10.8 Å². The van der Waals surface area contributed by atoms with Gasteiger partial charge in [-0.25, -0.2) is 20.8 Å². The van der Waals surface area contributed by atoms with Crippen molar-refractivity contribution in [2.24, 2.45) is 5.84 Å². The van der Waals surface area contributed by atoms with Gasteiger partial charge in [0.15, 0.2) is 5.16 Å². The molecule has 7 nitrogen and oxygen atoms in total. The zero-order chi connectivity index (χ0) is 14.8. The standard InChI is InChI=1S/C13H14N6OS/c1-7-5-11(18-12(15-7)19-14)21-13-16-9-4-3-8(20-2)6-10(9)17-13/h3-6H,14H2,1-2H3,(H,16,17)(H,15,18,19). The number of H-pyrrole nitrogens is 1. The Balaban J connectivity index is 1.92. The van der Waals surface area contributed by atoms with Crippen LogP contribution in [0.15, 0.2) is 34.4 Å². The van der Waals surface area contributed by atoms with Crippen molar-refractivity contribution < 1.29 is 4.74 Å². The topological polar surface area (TPSA) is 102 Å². The lowest BCUT2D eigenvalue weighted by Crippen LogP contribution is -2.11. The Morgan fingerprint density at radius 1 is 1.24 bits per heavy atom. The summed E-state index contributed by atoms with van der Waals surface area (Å²) in [6, 6.07) is 7.57. The molecule has 0 spiro atoms. The molecule has 0 aliphatic rings. The average Bonchev–Trinajstić information content (AvgIpc) is 2.87. The average molecular weight is 302 g/mol. The number of rotatable bonds is 4. The van der Waals surface area contributed by atoms with Crippen molar-refractivity contribution in [2.75, 3.05) is 12.5 Å². The van der Waals surface area contributed by atoms with Gasteiger partial charge in [0.05, 0.1) is 18.1 Å². The number of nitrogens with zero attached hydrogens (tertiary/aromatic N) is 3. The number of aromatic amines is 1. The number of nitrogens with one attached hydrogen (secondary N) is 2. The Morgan fingerprint density at radius 2 is 2.10 bits per heavy atom. The number of nitrogen functional groups attached to an aromatic ring is 1. The number of aromatic nitrogens is 4. The number of aryl methyl sites for hydroxylation is 1. The second-order valence-electron chi connectivity index (χ2n) is 4.34. The first-order valence-electron chi connectivity index (χ1n) is 6.22.